The number of benzene rings is 1. The number of rotatable bonds is 5. The van der Waals surface area contributed by atoms with Gasteiger partial charge in [-0.2, -0.15) is 0 Å². The molecule has 2 rings (SSSR count). The van der Waals surface area contributed by atoms with E-state index >= 15 is 0 Å². The van der Waals surface area contributed by atoms with Gasteiger partial charge in [0.2, 0.25) is 0 Å². The quantitative estimate of drug-likeness (QED) is 0.834. The van der Waals surface area contributed by atoms with E-state index in [0.717, 1.165) is 23.5 Å². The Morgan fingerprint density at radius 1 is 1.19 bits per heavy atom. The lowest BCUT2D eigenvalue weighted by molar-refractivity contribution is 0.340. The van der Waals surface area contributed by atoms with Crippen molar-refractivity contribution >= 4 is 5.69 Å². The van der Waals surface area contributed by atoms with Crippen LogP contribution in [-0.2, 0) is 6.54 Å². The summed E-state index contributed by atoms with van der Waals surface area (Å²) in [5.74, 6) is 0.899. The molecule has 1 N–H and O–H groups in total. The minimum atomic E-state index is 0.696. The molecule has 0 aliphatic rings. The van der Waals surface area contributed by atoms with Crippen LogP contribution < -0.4 is 10.1 Å². The maximum Gasteiger partial charge on any atom is 0.119 e. The van der Waals surface area contributed by atoms with Crippen molar-refractivity contribution in [2.75, 3.05) is 11.9 Å². The van der Waals surface area contributed by atoms with Gasteiger partial charge in [0.05, 0.1) is 19.1 Å². The molecule has 16 heavy (non-hydrogen) atoms. The van der Waals surface area contributed by atoms with Crippen molar-refractivity contribution in [2.24, 2.45) is 0 Å². The molecule has 3 heteroatoms. The number of hydrogen-bond donors (Lipinski definition) is 1. The lowest BCUT2D eigenvalue weighted by atomic mass is 10.3. The van der Waals surface area contributed by atoms with E-state index in [0.29, 0.717) is 6.61 Å². The number of hydrogen-bond acceptors (Lipinski definition) is 3. The third kappa shape index (κ3) is 2.79. The summed E-state index contributed by atoms with van der Waals surface area (Å²) in [5, 5.41) is 3.30. The van der Waals surface area contributed by atoms with E-state index in [-0.39, 0.29) is 0 Å². The van der Waals surface area contributed by atoms with Crippen LogP contribution in [0.15, 0.2) is 47.3 Å². The summed E-state index contributed by atoms with van der Waals surface area (Å²) >= 11 is 0. The highest BCUT2D eigenvalue weighted by Gasteiger charge is 1.96. The number of furan rings is 1. The monoisotopic (exact) mass is 217 g/mol. The lowest BCUT2D eigenvalue weighted by Crippen LogP contribution is -1.98. The molecule has 84 valence electrons. The van der Waals surface area contributed by atoms with Gasteiger partial charge in [0, 0.05) is 17.8 Å². The Balaban J connectivity index is 1.90. The summed E-state index contributed by atoms with van der Waals surface area (Å²) in [5.41, 5.74) is 2.21. The zero-order valence-electron chi connectivity index (χ0n) is 9.27. The van der Waals surface area contributed by atoms with Crippen molar-refractivity contribution in [3.63, 3.8) is 0 Å². The summed E-state index contributed by atoms with van der Waals surface area (Å²) < 4.78 is 10.4. The Morgan fingerprint density at radius 2 is 2.00 bits per heavy atom. The maximum atomic E-state index is 5.37. The zero-order chi connectivity index (χ0) is 11.2. The second-order valence-electron chi connectivity index (χ2n) is 3.44. The third-order valence-electron chi connectivity index (χ3n) is 2.24. The number of anilines is 1. The smallest absolute Gasteiger partial charge is 0.119 e. The van der Waals surface area contributed by atoms with E-state index in [1.165, 1.54) is 0 Å². The Labute approximate surface area is 95.0 Å². The van der Waals surface area contributed by atoms with Crippen LogP contribution in [0.5, 0.6) is 5.75 Å². The lowest BCUT2D eigenvalue weighted by Gasteiger charge is -2.06. The second kappa shape index (κ2) is 5.26. The first-order valence-electron chi connectivity index (χ1n) is 5.36. The van der Waals surface area contributed by atoms with E-state index in [1.54, 1.807) is 12.5 Å². The molecule has 0 amide bonds. The van der Waals surface area contributed by atoms with Gasteiger partial charge in [-0.25, -0.2) is 0 Å². The average Bonchev–Trinajstić information content (AvgIpc) is 2.82. The summed E-state index contributed by atoms with van der Waals surface area (Å²) in [4.78, 5) is 0. The van der Waals surface area contributed by atoms with E-state index < -0.39 is 0 Å². The van der Waals surface area contributed by atoms with Crippen molar-refractivity contribution < 1.29 is 9.15 Å². The van der Waals surface area contributed by atoms with Crippen molar-refractivity contribution in [3.8, 4) is 5.75 Å². The average molecular weight is 217 g/mol. The van der Waals surface area contributed by atoms with E-state index in [9.17, 15) is 0 Å². The Bertz CT molecular complexity index is 406. The fraction of sp³-hybridized carbons (Fsp3) is 0.231. The van der Waals surface area contributed by atoms with Gasteiger partial charge in [0.1, 0.15) is 5.75 Å². The van der Waals surface area contributed by atoms with Crippen LogP contribution in [-0.4, -0.2) is 6.61 Å². The van der Waals surface area contributed by atoms with Gasteiger partial charge in [-0.1, -0.05) is 0 Å². The van der Waals surface area contributed by atoms with Gasteiger partial charge in [-0.3, -0.25) is 0 Å². The van der Waals surface area contributed by atoms with Crippen LogP contribution in [0.1, 0.15) is 12.5 Å². The van der Waals surface area contributed by atoms with Gasteiger partial charge in [-0.15, -0.1) is 0 Å². The molecule has 0 radical (unpaired) electrons. The van der Waals surface area contributed by atoms with Gasteiger partial charge in [0.15, 0.2) is 0 Å². The highest BCUT2D eigenvalue weighted by molar-refractivity contribution is 5.46. The van der Waals surface area contributed by atoms with Crippen LogP contribution >= 0.6 is 0 Å². The molecule has 0 unspecified atom stereocenters. The zero-order valence-corrected chi connectivity index (χ0v) is 9.27. The third-order valence-corrected chi connectivity index (χ3v) is 2.24. The molecule has 0 saturated heterocycles. The predicted octanol–water partition coefficient (Wildman–Crippen LogP) is 3.29. The molecule has 0 atom stereocenters. The topological polar surface area (TPSA) is 34.4 Å². The van der Waals surface area contributed by atoms with Crippen molar-refractivity contribution in [2.45, 2.75) is 13.5 Å². The Morgan fingerprint density at radius 3 is 2.62 bits per heavy atom. The Hall–Kier alpha value is -1.90. The Kier molecular flexibility index (Phi) is 3.49. The van der Waals surface area contributed by atoms with Crippen LogP contribution in [0.3, 0.4) is 0 Å². The fourth-order valence-electron chi connectivity index (χ4n) is 1.43. The molecule has 1 aromatic carbocycles. The highest BCUT2D eigenvalue weighted by Crippen LogP contribution is 2.16. The molecule has 0 spiro atoms. The molecule has 0 aliphatic heterocycles. The first-order valence-corrected chi connectivity index (χ1v) is 5.36. The van der Waals surface area contributed by atoms with Crippen molar-refractivity contribution in [1.29, 1.82) is 0 Å². The first-order chi connectivity index (χ1) is 7.88. The van der Waals surface area contributed by atoms with E-state index in [2.05, 4.69) is 5.32 Å². The fourth-order valence-corrected chi connectivity index (χ4v) is 1.43. The molecular weight excluding hydrogens is 202 g/mol. The van der Waals surface area contributed by atoms with Crippen LogP contribution in [0.2, 0.25) is 0 Å². The summed E-state index contributed by atoms with van der Waals surface area (Å²) in [7, 11) is 0. The van der Waals surface area contributed by atoms with E-state index in [1.807, 2.05) is 37.3 Å². The molecule has 0 aliphatic carbocycles. The normalized spacial score (nSPS) is 10.1. The molecule has 1 heterocycles. The predicted molar refractivity (Wildman–Crippen MR) is 63.6 cm³/mol. The van der Waals surface area contributed by atoms with Crippen molar-refractivity contribution in [3.05, 3.63) is 48.4 Å². The van der Waals surface area contributed by atoms with Crippen LogP contribution in [0, 0.1) is 0 Å². The summed E-state index contributed by atoms with van der Waals surface area (Å²) in [6.07, 6.45) is 3.41. The van der Waals surface area contributed by atoms with Crippen LogP contribution in [0.25, 0.3) is 0 Å². The molecular formula is C13H15NO2. The van der Waals surface area contributed by atoms with Crippen molar-refractivity contribution in [1.82, 2.24) is 0 Å². The second-order valence-corrected chi connectivity index (χ2v) is 3.44. The summed E-state index contributed by atoms with van der Waals surface area (Å²) in [6.45, 7) is 3.44. The van der Waals surface area contributed by atoms with E-state index in [4.69, 9.17) is 9.15 Å². The molecule has 2 aromatic rings. The minimum absolute atomic E-state index is 0.696. The number of ether oxygens (including phenoxy) is 1. The highest BCUT2D eigenvalue weighted by atomic mass is 16.5. The molecule has 0 bridgehead atoms. The summed E-state index contributed by atoms with van der Waals surface area (Å²) in [6, 6.07) is 9.88. The molecule has 0 fully saturated rings. The number of nitrogens with one attached hydrogen (secondary N) is 1. The van der Waals surface area contributed by atoms with Gasteiger partial charge < -0.3 is 14.5 Å². The molecule has 3 nitrogen and oxygen atoms in total. The van der Waals surface area contributed by atoms with Gasteiger partial charge in [0.25, 0.3) is 0 Å². The molecule has 0 saturated carbocycles. The minimum Gasteiger partial charge on any atom is -0.494 e. The standard InChI is InChI=1S/C13H15NO2/c1-2-16-13-5-3-12(4-6-13)14-9-11-7-8-15-10-11/h3-8,10,14H,2,9H2,1H3. The molecule has 1 aromatic heterocycles. The largest absolute Gasteiger partial charge is 0.494 e. The maximum absolute atomic E-state index is 5.37. The van der Waals surface area contributed by atoms with Gasteiger partial charge >= 0.3 is 0 Å². The first kappa shape index (κ1) is 10.6. The van der Waals surface area contributed by atoms with Gasteiger partial charge in [-0.05, 0) is 37.3 Å². The SMILES string of the molecule is CCOc1ccc(NCc2ccoc2)cc1. The van der Waals surface area contributed by atoms with Crippen LogP contribution in [0.4, 0.5) is 5.69 Å².